The molecule has 47 heavy (non-hydrogen) atoms. The van der Waals surface area contributed by atoms with Crippen LogP contribution in [0, 0.1) is 11.8 Å². The van der Waals surface area contributed by atoms with Crippen LogP contribution in [-0.2, 0) is 33.0 Å². The topological polar surface area (TPSA) is 110 Å². The molecule has 0 aliphatic carbocycles. The molecule has 1 spiro atoms. The Hall–Kier alpha value is -4.61. The average Bonchev–Trinajstić information content (AvgIpc) is 3.83. The molecule has 244 valence electrons. The molecular formula is C36H38FN5O5. The molecule has 2 amide bonds. The van der Waals surface area contributed by atoms with Crippen LogP contribution in [0.3, 0.4) is 0 Å². The minimum absolute atomic E-state index is 0.233. The number of ether oxygens (including phenoxy) is 2. The van der Waals surface area contributed by atoms with Crippen molar-refractivity contribution in [2.75, 3.05) is 23.0 Å². The van der Waals surface area contributed by atoms with Crippen molar-refractivity contribution in [3.63, 3.8) is 0 Å². The Balaban J connectivity index is 1.15. The standard InChI is InChI=1S/C36H38FN5O5/c1-23-31(35(2,3)37)30(16-17-40-22-28(38-39-40)32(43)25-11-5-4-6-12-25)47-36(23)27-14-7-8-15-29(27)42(33(36)44)21-24-10-9-13-26(20-24)41-18-19-46-34(41)45/h4-15,20,22-23,30-32,43H,16-19,21H2,1-3H3/t23-,30+,31-,32+,36+/m0/s1. The number of aliphatic hydroxyl groups excluding tert-OH is 1. The van der Waals surface area contributed by atoms with E-state index in [2.05, 4.69) is 10.3 Å². The lowest BCUT2D eigenvalue weighted by Crippen LogP contribution is -2.45. The van der Waals surface area contributed by atoms with Crippen molar-refractivity contribution < 1.29 is 28.6 Å². The molecule has 5 atom stereocenters. The van der Waals surface area contributed by atoms with E-state index >= 15 is 4.39 Å². The minimum Gasteiger partial charge on any atom is -0.447 e. The quantitative estimate of drug-likeness (QED) is 0.256. The number of rotatable bonds is 9. The van der Waals surface area contributed by atoms with Crippen LogP contribution in [0.2, 0.25) is 0 Å². The van der Waals surface area contributed by atoms with Crippen molar-refractivity contribution in [3.05, 3.63) is 107 Å². The summed E-state index contributed by atoms with van der Waals surface area (Å²) in [5, 5.41) is 19.2. The number of hydrogen-bond donors (Lipinski definition) is 1. The van der Waals surface area contributed by atoms with Crippen LogP contribution in [0.15, 0.2) is 85.1 Å². The molecule has 0 saturated carbocycles. The van der Waals surface area contributed by atoms with E-state index in [9.17, 15) is 14.7 Å². The average molecular weight is 640 g/mol. The van der Waals surface area contributed by atoms with Crippen LogP contribution in [0.4, 0.5) is 20.6 Å². The second kappa shape index (κ2) is 11.9. The van der Waals surface area contributed by atoms with E-state index < -0.39 is 41.4 Å². The molecule has 0 unspecified atom stereocenters. The van der Waals surface area contributed by atoms with Gasteiger partial charge in [-0.15, -0.1) is 5.10 Å². The fraction of sp³-hybridized carbons (Fsp3) is 0.389. The Labute approximate surface area is 272 Å². The largest absolute Gasteiger partial charge is 0.447 e. The summed E-state index contributed by atoms with van der Waals surface area (Å²) in [5.41, 5.74) is 1.10. The van der Waals surface area contributed by atoms with Gasteiger partial charge in [0, 0.05) is 29.6 Å². The van der Waals surface area contributed by atoms with Gasteiger partial charge >= 0.3 is 6.09 Å². The first-order valence-corrected chi connectivity index (χ1v) is 16.0. The summed E-state index contributed by atoms with van der Waals surface area (Å²) in [6, 6.07) is 24.3. The molecule has 3 aliphatic heterocycles. The number of aromatic nitrogens is 3. The van der Waals surface area contributed by atoms with Gasteiger partial charge in [-0.3, -0.25) is 14.4 Å². The number of fused-ring (bicyclic) bond motifs is 2. The van der Waals surface area contributed by atoms with Gasteiger partial charge in [-0.05, 0) is 49.6 Å². The predicted octanol–water partition coefficient (Wildman–Crippen LogP) is 5.55. The summed E-state index contributed by atoms with van der Waals surface area (Å²) in [5.74, 6) is -1.31. The summed E-state index contributed by atoms with van der Waals surface area (Å²) in [6.07, 6.45) is 0.166. The summed E-state index contributed by atoms with van der Waals surface area (Å²) in [4.78, 5) is 30.1. The van der Waals surface area contributed by atoms with E-state index in [-0.39, 0.29) is 12.5 Å². The Kier molecular flexibility index (Phi) is 7.84. The van der Waals surface area contributed by atoms with Gasteiger partial charge in [-0.1, -0.05) is 72.8 Å². The van der Waals surface area contributed by atoms with Crippen LogP contribution >= 0.6 is 0 Å². The molecule has 0 radical (unpaired) electrons. The van der Waals surface area contributed by atoms with Crippen molar-refractivity contribution in [3.8, 4) is 0 Å². The highest BCUT2D eigenvalue weighted by Gasteiger charge is 2.66. The molecule has 1 N–H and O–H groups in total. The van der Waals surface area contributed by atoms with Gasteiger partial charge in [0.1, 0.15) is 24.1 Å². The zero-order valence-electron chi connectivity index (χ0n) is 26.6. The van der Waals surface area contributed by atoms with Gasteiger partial charge in [0.15, 0.2) is 5.60 Å². The summed E-state index contributed by atoms with van der Waals surface area (Å²) in [7, 11) is 0. The lowest BCUT2D eigenvalue weighted by Gasteiger charge is -2.32. The highest BCUT2D eigenvalue weighted by atomic mass is 19.1. The smallest absolute Gasteiger partial charge is 0.414 e. The monoisotopic (exact) mass is 639 g/mol. The fourth-order valence-corrected chi connectivity index (χ4v) is 7.68. The first kappa shape index (κ1) is 31.0. The number of hydrogen-bond acceptors (Lipinski definition) is 7. The number of cyclic esters (lactones) is 1. The van der Waals surface area contributed by atoms with E-state index in [1.54, 1.807) is 34.5 Å². The highest BCUT2D eigenvalue weighted by molar-refractivity contribution is 6.07. The third kappa shape index (κ3) is 5.37. The van der Waals surface area contributed by atoms with E-state index in [4.69, 9.17) is 9.47 Å². The summed E-state index contributed by atoms with van der Waals surface area (Å²) >= 11 is 0. The van der Waals surface area contributed by atoms with Gasteiger partial charge < -0.3 is 19.5 Å². The van der Waals surface area contributed by atoms with E-state index in [1.165, 1.54) is 0 Å². The minimum atomic E-state index is -1.65. The van der Waals surface area contributed by atoms with Crippen molar-refractivity contribution >= 4 is 23.4 Å². The Morgan fingerprint density at radius 2 is 1.83 bits per heavy atom. The molecule has 4 heterocycles. The van der Waals surface area contributed by atoms with Crippen molar-refractivity contribution in [1.82, 2.24) is 15.0 Å². The normalized spacial score (nSPS) is 24.7. The maximum atomic E-state index is 16.1. The molecule has 3 aromatic carbocycles. The number of halogens is 1. The molecule has 2 fully saturated rings. The third-order valence-electron chi connectivity index (χ3n) is 9.79. The Bertz CT molecular complexity index is 1790. The zero-order valence-corrected chi connectivity index (χ0v) is 26.6. The molecule has 7 rings (SSSR count). The van der Waals surface area contributed by atoms with Crippen molar-refractivity contribution in [2.45, 2.75) is 63.8 Å². The number of anilines is 2. The van der Waals surface area contributed by atoms with E-state index in [0.29, 0.717) is 43.1 Å². The molecule has 4 aromatic rings. The van der Waals surface area contributed by atoms with E-state index in [0.717, 1.165) is 16.8 Å². The lowest BCUT2D eigenvalue weighted by atomic mass is 9.71. The number of carbonyl (C=O) groups excluding carboxylic acids is 2. The van der Waals surface area contributed by atoms with Crippen LogP contribution in [0.1, 0.15) is 55.7 Å². The summed E-state index contributed by atoms with van der Waals surface area (Å²) < 4.78 is 29.7. The number of benzene rings is 3. The molecule has 10 nitrogen and oxygen atoms in total. The number of aliphatic hydroxyl groups is 1. The predicted molar refractivity (Wildman–Crippen MR) is 172 cm³/mol. The zero-order chi connectivity index (χ0) is 32.9. The van der Waals surface area contributed by atoms with E-state index in [1.807, 2.05) is 85.8 Å². The second-order valence-electron chi connectivity index (χ2n) is 13.1. The Morgan fingerprint density at radius 1 is 1.06 bits per heavy atom. The molecule has 2 saturated heterocycles. The maximum absolute atomic E-state index is 16.1. The molecular weight excluding hydrogens is 601 g/mol. The molecule has 3 aliphatic rings. The SMILES string of the molecule is C[C@H]1[C@H](C(C)(C)F)[C@@H](CCn2cc([C@H](O)c3ccccc3)nn2)O[C@]12C(=O)N(Cc1cccc(N3CCOC3=O)c1)c1ccccc12. The van der Waals surface area contributed by atoms with Gasteiger partial charge in [-0.25, -0.2) is 9.18 Å². The van der Waals surface area contributed by atoms with Crippen LogP contribution < -0.4 is 9.80 Å². The van der Waals surface area contributed by atoms with Gasteiger partial charge in [0.05, 0.1) is 31.1 Å². The Morgan fingerprint density at radius 3 is 2.57 bits per heavy atom. The van der Waals surface area contributed by atoms with Crippen LogP contribution in [0.25, 0.3) is 0 Å². The number of para-hydroxylation sites is 1. The fourth-order valence-electron chi connectivity index (χ4n) is 7.68. The number of nitrogens with zero attached hydrogens (tertiary/aromatic N) is 5. The molecule has 0 bridgehead atoms. The first-order valence-electron chi connectivity index (χ1n) is 16.0. The maximum Gasteiger partial charge on any atom is 0.414 e. The van der Waals surface area contributed by atoms with Crippen molar-refractivity contribution in [2.24, 2.45) is 11.8 Å². The number of aryl methyl sites for hydroxylation is 1. The third-order valence-corrected chi connectivity index (χ3v) is 9.79. The number of amides is 2. The van der Waals surface area contributed by atoms with Crippen LogP contribution in [0.5, 0.6) is 0 Å². The highest BCUT2D eigenvalue weighted by Crippen LogP contribution is 2.58. The van der Waals surface area contributed by atoms with Crippen molar-refractivity contribution in [1.29, 1.82) is 0 Å². The molecule has 1 aromatic heterocycles. The number of carbonyl (C=O) groups is 2. The van der Waals surface area contributed by atoms with Gasteiger partial charge in [-0.2, -0.15) is 0 Å². The van der Waals surface area contributed by atoms with Gasteiger partial charge in [0.2, 0.25) is 0 Å². The number of alkyl halides is 1. The molecule has 11 heteroatoms. The summed E-state index contributed by atoms with van der Waals surface area (Å²) in [6.45, 7) is 6.42. The lowest BCUT2D eigenvalue weighted by molar-refractivity contribution is -0.146. The second-order valence-corrected chi connectivity index (χ2v) is 13.1. The first-order chi connectivity index (χ1) is 22.6. The van der Waals surface area contributed by atoms with Crippen LogP contribution in [-0.4, -0.2) is 57.0 Å². The van der Waals surface area contributed by atoms with Gasteiger partial charge in [0.25, 0.3) is 5.91 Å².